The molecule has 148 valence electrons. The maximum Gasteiger partial charge on any atom is 0.151 e. The van der Waals surface area contributed by atoms with Crippen LogP contribution in [0.1, 0.15) is 5.56 Å². The summed E-state index contributed by atoms with van der Waals surface area (Å²) in [6.45, 7) is 0. The first-order valence-corrected chi connectivity index (χ1v) is 10.4. The highest BCUT2D eigenvalue weighted by molar-refractivity contribution is 8.01. The van der Waals surface area contributed by atoms with Crippen molar-refractivity contribution in [3.63, 3.8) is 0 Å². The highest BCUT2D eigenvalue weighted by Gasteiger charge is 2.16. The second-order valence-corrected chi connectivity index (χ2v) is 8.72. The number of anilines is 1. The van der Waals surface area contributed by atoms with E-state index in [2.05, 4.69) is 10.6 Å². The molecular weight excluding hydrogens is 441 g/mol. The Labute approximate surface area is 176 Å². The fraction of sp³-hybridized carbons (Fsp3) is 0. The van der Waals surface area contributed by atoms with E-state index >= 15 is 0 Å². The van der Waals surface area contributed by atoms with Crippen LogP contribution in [0.5, 0.6) is 11.5 Å². The van der Waals surface area contributed by atoms with Crippen molar-refractivity contribution in [2.75, 3.05) is 4.72 Å². The molecule has 0 aliphatic carbocycles. The Kier molecular flexibility index (Phi) is 5.99. The zero-order valence-electron chi connectivity index (χ0n) is 14.6. The van der Waals surface area contributed by atoms with E-state index in [1.807, 2.05) is 6.07 Å². The third kappa shape index (κ3) is 4.98. The van der Waals surface area contributed by atoms with Crippen molar-refractivity contribution in [3.8, 4) is 17.6 Å². The molecule has 9 heteroatoms. The van der Waals surface area contributed by atoms with E-state index in [1.165, 1.54) is 36.4 Å². The van der Waals surface area contributed by atoms with Crippen molar-refractivity contribution in [2.45, 2.75) is 4.90 Å². The summed E-state index contributed by atoms with van der Waals surface area (Å²) in [7, 11) is -3.20. The second kappa shape index (κ2) is 8.29. The number of nitriles is 1. The average molecular weight is 453 g/mol. The molecule has 0 aliphatic heterocycles. The van der Waals surface area contributed by atoms with Crippen LogP contribution in [0.4, 0.5) is 14.5 Å². The summed E-state index contributed by atoms with van der Waals surface area (Å²) in [5.41, 5.74) is 0.363. The maximum absolute atomic E-state index is 13.5. The molecule has 0 aromatic heterocycles. The topological polar surface area (TPSA) is 62.1 Å². The molecule has 0 bridgehead atoms. The van der Waals surface area contributed by atoms with Crippen molar-refractivity contribution in [2.24, 2.45) is 0 Å². The summed E-state index contributed by atoms with van der Waals surface area (Å²) in [4.78, 5) is 0.189. The predicted molar refractivity (Wildman–Crippen MR) is 111 cm³/mol. The summed E-state index contributed by atoms with van der Waals surface area (Å²) in [5, 5.41) is 9.66. The number of ether oxygens (including phenoxy) is 1. The number of nitrogens with one attached hydrogen (secondary N) is 1. The van der Waals surface area contributed by atoms with Gasteiger partial charge in [-0.25, -0.2) is 13.0 Å². The molecule has 0 fully saturated rings. The van der Waals surface area contributed by atoms with Gasteiger partial charge in [0.05, 0.1) is 36.9 Å². The number of nitrogens with zero attached hydrogens (tertiary/aromatic N) is 1. The first kappa shape index (κ1) is 20.9. The van der Waals surface area contributed by atoms with E-state index < -0.39 is 21.3 Å². The van der Waals surface area contributed by atoms with Gasteiger partial charge in [-0.1, -0.05) is 23.2 Å². The van der Waals surface area contributed by atoms with Gasteiger partial charge in [0.2, 0.25) is 0 Å². The molecule has 0 heterocycles. The molecule has 0 radical (unpaired) electrons. The van der Waals surface area contributed by atoms with Crippen molar-refractivity contribution < 1.29 is 17.7 Å². The van der Waals surface area contributed by atoms with Crippen LogP contribution in [-0.4, -0.2) is 10.1 Å². The molecule has 3 aromatic carbocycles. The lowest BCUT2D eigenvalue weighted by molar-refractivity contribution is 0.470. The lowest BCUT2D eigenvalue weighted by Crippen LogP contribution is -2.14. The number of hydrogen-bond donors (Lipinski definition) is 1. The van der Waals surface area contributed by atoms with E-state index in [0.29, 0.717) is 11.1 Å². The Morgan fingerprint density at radius 3 is 2.34 bits per heavy atom. The summed E-state index contributed by atoms with van der Waals surface area (Å²) in [5.74, 6) is 2.01. The van der Waals surface area contributed by atoms with Crippen LogP contribution in [0.2, 0.25) is 10.0 Å². The van der Waals surface area contributed by atoms with Crippen LogP contribution in [0.15, 0.2) is 59.5 Å². The van der Waals surface area contributed by atoms with E-state index in [9.17, 15) is 13.0 Å². The van der Waals surface area contributed by atoms with Gasteiger partial charge in [0, 0.05) is 23.2 Å². The first-order valence-electron chi connectivity index (χ1n) is 7.96. The van der Waals surface area contributed by atoms with Crippen molar-refractivity contribution in [1.29, 1.82) is 5.26 Å². The normalized spacial score (nSPS) is 12.7. The molecule has 0 spiro atoms. The molecular formula is C20H12Cl2F2N2O2S. The number of halogens is 4. The minimum Gasteiger partial charge on any atom is -0.455 e. The molecule has 3 rings (SSSR count). The lowest BCUT2D eigenvalue weighted by atomic mass is 10.2. The van der Waals surface area contributed by atoms with Crippen molar-refractivity contribution in [3.05, 3.63) is 81.8 Å². The molecule has 0 amide bonds. The van der Waals surface area contributed by atoms with Crippen LogP contribution >= 0.6 is 23.2 Å². The monoisotopic (exact) mass is 452 g/mol. The molecule has 0 aliphatic rings. The predicted octanol–water partition coefficient (Wildman–Crippen LogP) is 6.04. The minimum absolute atomic E-state index is 0.0791. The van der Waals surface area contributed by atoms with Crippen LogP contribution < -0.4 is 9.46 Å². The Balaban J connectivity index is 2.02. The van der Waals surface area contributed by atoms with Gasteiger partial charge in [0.1, 0.15) is 17.4 Å². The Morgan fingerprint density at radius 1 is 1.03 bits per heavy atom. The summed E-state index contributed by atoms with van der Waals surface area (Å²) in [6, 6.07) is 13.2. The maximum atomic E-state index is 13.5. The van der Waals surface area contributed by atoms with Gasteiger partial charge in [-0.05, 0) is 42.3 Å². The van der Waals surface area contributed by atoms with E-state index in [-0.39, 0.29) is 32.7 Å². The van der Waals surface area contributed by atoms with Crippen LogP contribution in [0.3, 0.4) is 0 Å². The zero-order chi connectivity index (χ0) is 21.2. The molecule has 0 saturated heterocycles. The van der Waals surface area contributed by atoms with Crippen molar-refractivity contribution >= 4 is 44.5 Å². The third-order valence-corrected chi connectivity index (χ3v) is 5.97. The molecule has 1 N–H and O–H groups in total. The Morgan fingerprint density at radius 2 is 1.72 bits per heavy atom. The number of benzene rings is 3. The summed E-state index contributed by atoms with van der Waals surface area (Å²) < 4.78 is 48.4. The van der Waals surface area contributed by atoms with Crippen LogP contribution in [0, 0.1) is 23.0 Å². The fourth-order valence-corrected chi connectivity index (χ4v) is 4.53. The van der Waals surface area contributed by atoms with Gasteiger partial charge in [-0.2, -0.15) is 5.26 Å². The fourth-order valence-electron chi connectivity index (χ4n) is 2.46. The third-order valence-electron chi connectivity index (χ3n) is 3.70. The van der Waals surface area contributed by atoms with Gasteiger partial charge < -0.3 is 9.46 Å². The Bertz CT molecular complexity index is 1220. The second-order valence-electron chi connectivity index (χ2n) is 5.88. The van der Waals surface area contributed by atoms with Gasteiger partial charge in [-0.15, -0.1) is 0 Å². The minimum atomic E-state index is -3.20. The zero-order valence-corrected chi connectivity index (χ0v) is 16.9. The lowest BCUT2D eigenvalue weighted by Gasteiger charge is -2.18. The van der Waals surface area contributed by atoms with E-state index in [4.69, 9.17) is 33.2 Å². The quantitative estimate of drug-likeness (QED) is 0.480. The van der Waals surface area contributed by atoms with Gasteiger partial charge in [0.15, 0.2) is 5.75 Å². The number of rotatable bonds is 5. The largest absolute Gasteiger partial charge is 0.455 e. The van der Waals surface area contributed by atoms with Gasteiger partial charge >= 0.3 is 0 Å². The molecule has 0 saturated carbocycles. The highest BCUT2D eigenvalue weighted by atomic mass is 35.5. The van der Waals surface area contributed by atoms with Crippen LogP contribution in [0.25, 0.3) is 0 Å². The average Bonchev–Trinajstić information content (AvgIpc) is 2.61. The highest BCUT2D eigenvalue weighted by Crippen LogP contribution is 2.34. The van der Waals surface area contributed by atoms with Gasteiger partial charge in [0.25, 0.3) is 0 Å². The molecule has 4 nitrogen and oxygen atoms in total. The number of hydrogen-bond acceptors (Lipinski definition) is 3. The van der Waals surface area contributed by atoms with E-state index in [1.54, 1.807) is 0 Å². The van der Waals surface area contributed by atoms with Crippen LogP contribution in [-0.2, 0) is 9.71 Å². The standard InChI is InChI=1S/C20H12Cl2F2N2O2S/c1-29(27,20-5-3-13(21)7-17(20)22)26-18-6-12(11-25)2-4-19(18)28-16-9-14(23)8-15(24)10-16/h2-10H,1H2,(H,26,27). The van der Waals surface area contributed by atoms with Gasteiger partial charge in [-0.3, -0.25) is 0 Å². The first-order chi connectivity index (χ1) is 13.7. The molecule has 29 heavy (non-hydrogen) atoms. The summed E-state index contributed by atoms with van der Waals surface area (Å²) in [6.07, 6.45) is 0. The molecule has 3 aromatic rings. The van der Waals surface area contributed by atoms with Crippen molar-refractivity contribution in [1.82, 2.24) is 0 Å². The van der Waals surface area contributed by atoms with E-state index in [0.717, 1.165) is 12.1 Å². The molecule has 1 atom stereocenters. The Hall–Kier alpha value is -2.79. The smallest absolute Gasteiger partial charge is 0.151 e. The SMILES string of the molecule is C=S(=O)(Nc1cc(C#N)ccc1Oc1cc(F)cc(F)c1)c1ccc(Cl)cc1Cl. The summed E-state index contributed by atoms with van der Waals surface area (Å²) >= 11 is 12.0. The molecule has 1 unspecified atom stereocenters.